The zero-order chi connectivity index (χ0) is 28.4. The lowest BCUT2D eigenvalue weighted by molar-refractivity contribution is -0.152. The largest absolute Gasteiger partial charge is 0.326 e. The van der Waals surface area contributed by atoms with Crippen molar-refractivity contribution in [2.45, 2.75) is 62.8 Å². The van der Waals surface area contributed by atoms with E-state index in [1.54, 1.807) is 12.3 Å². The molecule has 10 heteroatoms. The molecule has 1 unspecified atom stereocenters. The Kier molecular flexibility index (Phi) is 5.92. The van der Waals surface area contributed by atoms with Crippen molar-refractivity contribution in [2.24, 2.45) is 5.41 Å². The molecule has 41 heavy (non-hydrogen) atoms. The van der Waals surface area contributed by atoms with Crippen molar-refractivity contribution in [2.75, 3.05) is 17.2 Å². The summed E-state index contributed by atoms with van der Waals surface area (Å²) in [6.07, 6.45) is 7.09. The van der Waals surface area contributed by atoms with Gasteiger partial charge in [0, 0.05) is 35.4 Å². The highest BCUT2D eigenvalue weighted by Crippen LogP contribution is 2.50. The Hall–Kier alpha value is -4.21. The molecule has 8 nitrogen and oxygen atoms in total. The lowest BCUT2D eigenvalue weighted by Gasteiger charge is -2.44. The molecule has 1 saturated heterocycles. The smallest absolute Gasteiger partial charge is 0.245 e. The first-order valence-corrected chi connectivity index (χ1v) is 14.1. The molecule has 1 saturated carbocycles. The van der Waals surface area contributed by atoms with Gasteiger partial charge in [-0.2, -0.15) is 0 Å². The molecule has 0 radical (unpaired) electrons. The Labute approximate surface area is 235 Å². The van der Waals surface area contributed by atoms with Gasteiger partial charge >= 0.3 is 0 Å². The molecule has 2 N–H and O–H groups in total. The first kappa shape index (κ1) is 25.7. The van der Waals surface area contributed by atoms with Gasteiger partial charge in [0.15, 0.2) is 0 Å². The van der Waals surface area contributed by atoms with Gasteiger partial charge in [0.1, 0.15) is 29.8 Å². The maximum Gasteiger partial charge on any atom is 0.245 e. The molecule has 1 aromatic carbocycles. The third kappa shape index (κ3) is 4.19. The quantitative estimate of drug-likeness (QED) is 0.488. The number of nitrogens with zero attached hydrogens (tertiary/aromatic N) is 3. The third-order valence-corrected chi connectivity index (χ3v) is 9.42. The van der Waals surface area contributed by atoms with Crippen LogP contribution < -0.4 is 10.6 Å². The molecule has 2 aromatic heterocycles. The number of amides is 3. The average molecular weight is 558 g/mol. The Morgan fingerprint density at radius 1 is 1.05 bits per heavy atom. The van der Waals surface area contributed by atoms with E-state index >= 15 is 0 Å². The van der Waals surface area contributed by atoms with Gasteiger partial charge in [0.2, 0.25) is 17.7 Å². The fourth-order valence-corrected chi connectivity index (χ4v) is 7.45. The monoisotopic (exact) mass is 557 g/mol. The first-order valence-electron chi connectivity index (χ1n) is 14.1. The second-order valence-corrected chi connectivity index (χ2v) is 11.8. The van der Waals surface area contributed by atoms with Crippen molar-refractivity contribution in [3.63, 3.8) is 0 Å². The van der Waals surface area contributed by atoms with Crippen molar-refractivity contribution in [1.29, 1.82) is 0 Å². The SMILES string of the molecule is O=C(CN1C(=O)C2(CCCC2)CC[C@H]1c1cc(F)cc(F)c1)Nc1ccc2c(n1)CC1(C2)C(=O)Nc2ncccc21. The minimum absolute atomic E-state index is 0.112. The van der Waals surface area contributed by atoms with Gasteiger partial charge in [-0.05, 0) is 67.5 Å². The number of pyridine rings is 2. The maximum absolute atomic E-state index is 14.1. The van der Waals surface area contributed by atoms with Crippen LogP contribution in [0, 0.1) is 17.0 Å². The maximum atomic E-state index is 14.1. The van der Waals surface area contributed by atoms with Crippen LogP contribution in [0.1, 0.15) is 67.0 Å². The summed E-state index contributed by atoms with van der Waals surface area (Å²) in [6, 6.07) is 9.96. The van der Waals surface area contributed by atoms with Gasteiger partial charge in [-0.1, -0.05) is 25.0 Å². The number of halogens is 2. The Morgan fingerprint density at radius 2 is 1.83 bits per heavy atom. The number of carbonyl (C=O) groups excluding carboxylic acids is 3. The van der Waals surface area contributed by atoms with Crippen molar-refractivity contribution >= 4 is 29.4 Å². The zero-order valence-corrected chi connectivity index (χ0v) is 22.4. The molecule has 4 heterocycles. The highest BCUT2D eigenvalue weighted by molar-refractivity contribution is 6.06. The number of hydrogen-bond donors (Lipinski definition) is 2. The molecule has 3 amide bonds. The van der Waals surface area contributed by atoms with E-state index in [9.17, 15) is 23.2 Å². The Balaban J connectivity index is 1.12. The second-order valence-electron chi connectivity index (χ2n) is 11.8. The predicted octanol–water partition coefficient (Wildman–Crippen LogP) is 4.61. The van der Waals surface area contributed by atoms with Crippen LogP contribution in [-0.2, 0) is 32.6 Å². The van der Waals surface area contributed by atoms with Crippen molar-refractivity contribution in [3.05, 3.63) is 82.7 Å². The summed E-state index contributed by atoms with van der Waals surface area (Å²) in [5, 5.41) is 5.69. The van der Waals surface area contributed by atoms with Crippen LogP contribution in [-0.4, -0.2) is 39.1 Å². The van der Waals surface area contributed by atoms with Gasteiger partial charge in [-0.25, -0.2) is 18.7 Å². The number of aromatic nitrogens is 2. The molecule has 2 fully saturated rings. The van der Waals surface area contributed by atoms with Gasteiger partial charge in [-0.3, -0.25) is 14.4 Å². The molecule has 210 valence electrons. The van der Waals surface area contributed by atoms with Crippen LogP contribution in [0.3, 0.4) is 0 Å². The van der Waals surface area contributed by atoms with Gasteiger partial charge in [0.25, 0.3) is 0 Å². The lowest BCUT2D eigenvalue weighted by Crippen LogP contribution is -2.51. The molecule has 2 aliphatic heterocycles. The van der Waals surface area contributed by atoms with Crippen LogP contribution in [0.15, 0.2) is 48.7 Å². The standard InChI is InChI=1S/C31H29F2N5O3/c32-20-12-19(13-21(33)14-20)24-7-10-30(8-1-2-9-30)29(41)38(24)17-26(39)36-25-6-5-18-15-31(16-23(18)35-25)22-4-3-11-34-27(22)37-28(31)40/h3-6,11-14,24H,1-2,7-10,15-17H2,(H,34,37,40)(H,35,36,39)/t24-,31?/m0/s1. The Morgan fingerprint density at radius 3 is 2.61 bits per heavy atom. The van der Waals surface area contributed by atoms with E-state index in [0.29, 0.717) is 42.9 Å². The molecule has 2 spiro atoms. The summed E-state index contributed by atoms with van der Waals surface area (Å²) < 4.78 is 28.2. The second kappa shape index (κ2) is 9.43. The summed E-state index contributed by atoms with van der Waals surface area (Å²) in [7, 11) is 0. The van der Waals surface area contributed by atoms with Crippen LogP contribution in [0.5, 0.6) is 0 Å². The predicted molar refractivity (Wildman–Crippen MR) is 146 cm³/mol. The summed E-state index contributed by atoms with van der Waals surface area (Å²) in [5.74, 6) is -1.22. The van der Waals surface area contributed by atoms with E-state index in [2.05, 4.69) is 20.6 Å². The lowest BCUT2D eigenvalue weighted by atomic mass is 9.74. The fourth-order valence-electron chi connectivity index (χ4n) is 7.45. The number of benzene rings is 1. The van der Waals surface area contributed by atoms with Crippen molar-refractivity contribution in [1.82, 2.24) is 14.9 Å². The summed E-state index contributed by atoms with van der Waals surface area (Å²) >= 11 is 0. The number of nitrogens with one attached hydrogen (secondary N) is 2. The number of anilines is 2. The summed E-state index contributed by atoms with van der Waals surface area (Å²) in [5.41, 5.74) is 1.56. The number of piperidine rings is 1. The van der Waals surface area contributed by atoms with Crippen molar-refractivity contribution < 1.29 is 23.2 Å². The van der Waals surface area contributed by atoms with Crippen LogP contribution in [0.25, 0.3) is 0 Å². The van der Waals surface area contributed by atoms with E-state index in [0.717, 1.165) is 48.6 Å². The topological polar surface area (TPSA) is 104 Å². The van der Waals surface area contributed by atoms with E-state index in [4.69, 9.17) is 0 Å². The average Bonchev–Trinajstić information content (AvgIpc) is 3.63. The highest BCUT2D eigenvalue weighted by atomic mass is 19.1. The normalized spacial score (nSPS) is 24.0. The molecule has 2 atom stereocenters. The molecular weight excluding hydrogens is 528 g/mol. The third-order valence-electron chi connectivity index (χ3n) is 9.42. The number of likely N-dealkylation sites (tertiary alicyclic amines) is 1. The number of rotatable bonds is 4. The minimum Gasteiger partial charge on any atom is -0.326 e. The molecular formula is C31H29F2N5O3. The molecule has 7 rings (SSSR count). The van der Waals surface area contributed by atoms with E-state index in [1.165, 1.54) is 17.0 Å². The van der Waals surface area contributed by atoms with Crippen molar-refractivity contribution in [3.8, 4) is 0 Å². The van der Waals surface area contributed by atoms with Crippen LogP contribution in [0.4, 0.5) is 20.4 Å². The Bertz CT molecular complexity index is 1580. The summed E-state index contributed by atoms with van der Waals surface area (Å²) in [4.78, 5) is 50.6. The highest BCUT2D eigenvalue weighted by Gasteiger charge is 2.52. The van der Waals surface area contributed by atoms with E-state index < -0.39 is 34.4 Å². The van der Waals surface area contributed by atoms with E-state index in [1.807, 2.05) is 18.2 Å². The molecule has 0 bridgehead atoms. The summed E-state index contributed by atoms with van der Waals surface area (Å²) in [6.45, 7) is -0.256. The van der Waals surface area contributed by atoms with Gasteiger partial charge < -0.3 is 15.5 Å². The fraction of sp³-hybridized carbons (Fsp3) is 0.387. The van der Waals surface area contributed by atoms with Crippen LogP contribution in [0.2, 0.25) is 0 Å². The van der Waals surface area contributed by atoms with Gasteiger partial charge in [-0.15, -0.1) is 0 Å². The zero-order valence-electron chi connectivity index (χ0n) is 22.4. The number of carbonyl (C=O) groups is 3. The number of fused-ring (bicyclic) bond motifs is 3. The number of hydrogen-bond acceptors (Lipinski definition) is 5. The minimum atomic E-state index is -0.773. The molecule has 3 aromatic rings. The molecule has 4 aliphatic rings. The molecule has 2 aliphatic carbocycles. The van der Waals surface area contributed by atoms with Crippen LogP contribution >= 0.6 is 0 Å². The van der Waals surface area contributed by atoms with E-state index in [-0.39, 0.29) is 18.4 Å². The first-order chi connectivity index (χ1) is 19.8. The van der Waals surface area contributed by atoms with Gasteiger partial charge in [0.05, 0.1) is 11.5 Å².